The standard InChI is InChI=1S/C23H22FN3O3/c24-17-8-10-18(11-9-17)29-15-20-25-21(26-30-20)19-7-4-14-27(19)22(28)23(12-13-23)16-5-2-1-3-6-16/h1-3,5-6,8-11,19H,4,7,12-15H2. The molecule has 1 aliphatic carbocycles. The van der Waals surface area contributed by atoms with Crippen molar-refractivity contribution >= 4 is 5.91 Å². The van der Waals surface area contributed by atoms with Gasteiger partial charge in [-0.1, -0.05) is 35.5 Å². The largest absolute Gasteiger partial charge is 0.484 e. The lowest BCUT2D eigenvalue weighted by Crippen LogP contribution is -2.39. The second-order valence-electron chi connectivity index (χ2n) is 7.89. The van der Waals surface area contributed by atoms with Gasteiger partial charge in [0.1, 0.15) is 11.6 Å². The molecule has 1 saturated carbocycles. The van der Waals surface area contributed by atoms with Gasteiger partial charge in [0.05, 0.1) is 11.5 Å². The van der Waals surface area contributed by atoms with E-state index in [-0.39, 0.29) is 24.4 Å². The predicted octanol–water partition coefficient (Wildman–Crippen LogP) is 4.18. The van der Waals surface area contributed by atoms with Crippen molar-refractivity contribution < 1.29 is 18.4 Å². The predicted molar refractivity (Wildman–Crippen MR) is 106 cm³/mol. The summed E-state index contributed by atoms with van der Waals surface area (Å²) >= 11 is 0. The molecule has 2 aromatic carbocycles. The molecule has 154 valence electrons. The Balaban J connectivity index is 1.29. The van der Waals surface area contributed by atoms with Gasteiger partial charge in [-0.25, -0.2) is 4.39 Å². The molecule has 3 aromatic rings. The average Bonchev–Trinajstić information content (AvgIpc) is 3.21. The molecule has 1 atom stereocenters. The van der Waals surface area contributed by atoms with Gasteiger partial charge < -0.3 is 14.2 Å². The van der Waals surface area contributed by atoms with E-state index >= 15 is 0 Å². The summed E-state index contributed by atoms with van der Waals surface area (Å²) in [5.74, 6) is 1.20. The molecule has 2 aliphatic rings. The first-order valence-electron chi connectivity index (χ1n) is 10.2. The molecule has 0 spiro atoms. The van der Waals surface area contributed by atoms with Gasteiger partial charge in [0.2, 0.25) is 5.91 Å². The summed E-state index contributed by atoms with van der Waals surface area (Å²) in [7, 11) is 0. The van der Waals surface area contributed by atoms with Crippen LogP contribution in [0.15, 0.2) is 59.1 Å². The third-order valence-corrected chi connectivity index (χ3v) is 5.96. The second-order valence-corrected chi connectivity index (χ2v) is 7.89. The minimum absolute atomic E-state index is 0.0905. The van der Waals surface area contributed by atoms with Gasteiger partial charge in [0.15, 0.2) is 12.4 Å². The van der Waals surface area contributed by atoms with E-state index in [2.05, 4.69) is 10.1 Å². The van der Waals surface area contributed by atoms with Crippen LogP contribution in [0, 0.1) is 5.82 Å². The highest BCUT2D eigenvalue weighted by Gasteiger charge is 2.54. The first kappa shape index (κ1) is 18.8. The minimum Gasteiger partial charge on any atom is -0.484 e. The maximum absolute atomic E-state index is 13.4. The lowest BCUT2D eigenvalue weighted by molar-refractivity contribution is -0.135. The number of likely N-dealkylation sites (tertiary alicyclic amines) is 1. The molecule has 5 rings (SSSR count). The van der Waals surface area contributed by atoms with Gasteiger partial charge in [0.25, 0.3) is 5.89 Å². The Kier molecular flexibility index (Phi) is 4.73. The van der Waals surface area contributed by atoms with E-state index in [9.17, 15) is 9.18 Å². The molecule has 0 bridgehead atoms. The third-order valence-electron chi connectivity index (χ3n) is 5.96. The summed E-state index contributed by atoms with van der Waals surface area (Å²) in [4.78, 5) is 19.8. The number of nitrogens with zero attached hydrogens (tertiary/aromatic N) is 3. The van der Waals surface area contributed by atoms with Crippen molar-refractivity contribution in [1.29, 1.82) is 0 Å². The molecule has 1 amide bonds. The Morgan fingerprint density at radius 2 is 1.93 bits per heavy atom. The number of carbonyl (C=O) groups is 1. The molecular weight excluding hydrogens is 385 g/mol. The zero-order chi connectivity index (χ0) is 20.6. The third kappa shape index (κ3) is 3.44. The molecule has 1 aromatic heterocycles. The van der Waals surface area contributed by atoms with Crippen molar-refractivity contribution in [2.45, 2.75) is 43.7 Å². The molecule has 0 radical (unpaired) electrons. The summed E-state index contributed by atoms with van der Waals surface area (Å²) in [6, 6.07) is 15.6. The summed E-state index contributed by atoms with van der Waals surface area (Å²) in [5, 5.41) is 4.11. The number of halogens is 1. The van der Waals surface area contributed by atoms with Crippen molar-refractivity contribution in [3.05, 3.63) is 77.7 Å². The SMILES string of the molecule is O=C(N1CCCC1c1noc(COc2ccc(F)cc2)n1)C1(c2ccccc2)CC1. The maximum Gasteiger partial charge on any atom is 0.264 e. The average molecular weight is 407 g/mol. The Bertz CT molecular complexity index is 1030. The Labute approximate surface area is 173 Å². The number of ether oxygens (including phenoxy) is 1. The van der Waals surface area contributed by atoms with Crippen LogP contribution in [0.2, 0.25) is 0 Å². The van der Waals surface area contributed by atoms with Crippen LogP contribution in [0.3, 0.4) is 0 Å². The smallest absolute Gasteiger partial charge is 0.264 e. The van der Waals surface area contributed by atoms with E-state index in [1.165, 1.54) is 12.1 Å². The molecule has 1 unspecified atom stereocenters. The van der Waals surface area contributed by atoms with Gasteiger partial charge in [0, 0.05) is 6.54 Å². The first-order chi connectivity index (χ1) is 14.7. The van der Waals surface area contributed by atoms with Crippen molar-refractivity contribution in [3.63, 3.8) is 0 Å². The van der Waals surface area contributed by atoms with Crippen LogP contribution in [0.25, 0.3) is 0 Å². The number of hydrogen-bond acceptors (Lipinski definition) is 5. The topological polar surface area (TPSA) is 68.5 Å². The molecule has 2 fully saturated rings. The van der Waals surface area contributed by atoms with Crippen LogP contribution in [-0.2, 0) is 16.8 Å². The molecule has 7 heteroatoms. The highest BCUT2D eigenvalue weighted by atomic mass is 19.1. The van der Waals surface area contributed by atoms with Gasteiger partial charge in [-0.05, 0) is 55.5 Å². The summed E-state index contributed by atoms with van der Waals surface area (Å²) in [5.41, 5.74) is 0.685. The van der Waals surface area contributed by atoms with Gasteiger partial charge >= 0.3 is 0 Å². The lowest BCUT2D eigenvalue weighted by atomic mass is 9.94. The molecular formula is C23H22FN3O3. The van der Waals surface area contributed by atoms with Crippen LogP contribution in [0.4, 0.5) is 4.39 Å². The molecule has 2 heterocycles. The zero-order valence-corrected chi connectivity index (χ0v) is 16.5. The zero-order valence-electron chi connectivity index (χ0n) is 16.5. The Morgan fingerprint density at radius 3 is 2.67 bits per heavy atom. The summed E-state index contributed by atoms with van der Waals surface area (Å²) in [6.07, 6.45) is 3.48. The fourth-order valence-electron chi connectivity index (χ4n) is 4.20. The Hall–Kier alpha value is -3.22. The van der Waals surface area contributed by atoms with Crippen LogP contribution >= 0.6 is 0 Å². The van der Waals surface area contributed by atoms with E-state index in [0.717, 1.165) is 31.2 Å². The Morgan fingerprint density at radius 1 is 1.17 bits per heavy atom. The van der Waals surface area contributed by atoms with E-state index < -0.39 is 5.41 Å². The van der Waals surface area contributed by atoms with Crippen molar-refractivity contribution in [1.82, 2.24) is 15.0 Å². The van der Waals surface area contributed by atoms with Crippen LogP contribution in [0.5, 0.6) is 5.75 Å². The lowest BCUT2D eigenvalue weighted by Gasteiger charge is -2.27. The number of amides is 1. The first-order valence-corrected chi connectivity index (χ1v) is 10.2. The van der Waals surface area contributed by atoms with E-state index in [1.54, 1.807) is 12.1 Å². The van der Waals surface area contributed by atoms with Crippen LogP contribution in [0.1, 0.15) is 49.0 Å². The summed E-state index contributed by atoms with van der Waals surface area (Å²) in [6.45, 7) is 0.793. The van der Waals surface area contributed by atoms with Gasteiger partial charge in [-0.3, -0.25) is 4.79 Å². The molecule has 1 aliphatic heterocycles. The van der Waals surface area contributed by atoms with E-state index in [1.807, 2.05) is 35.2 Å². The van der Waals surface area contributed by atoms with Crippen molar-refractivity contribution in [2.24, 2.45) is 0 Å². The highest BCUT2D eigenvalue weighted by Crippen LogP contribution is 2.51. The van der Waals surface area contributed by atoms with Crippen LogP contribution in [-0.4, -0.2) is 27.5 Å². The fourth-order valence-corrected chi connectivity index (χ4v) is 4.20. The number of carbonyl (C=O) groups excluding carboxylic acids is 1. The molecule has 30 heavy (non-hydrogen) atoms. The second kappa shape index (κ2) is 7.55. The quantitative estimate of drug-likeness (QED) is 0.613. The normalized spacial score (nSPS) is 19.6. The van der Waals surface area contributed by atoms with E-state index in [0.29, 0.717) is 24.0 Å². The van der Waals surface area contributed by atoms with Crippen molar-refractivity contribution in [3.8, 4) is 5.75 Å². The minimum atomic E-state index is -0.401. The molecule has 6 nitrogen and oxygen atoms in total. The number of hydrogen-bond donors (Lipinski definition) is 0. The number of benzene rings is 2. The van der Waals surface area contributed by atoms with Crippen molar-refractivity contribution in [2.75, 3.05) is 6.54 Å². The van der Waals surface area contributed by atoms with Crippen LogP contribution < -0.4 is 4.74 Å². The van der Waals surface area contributed by atoms with Gasteiger partial charge in [-0.2, -0.15) is 4.98 Å². The van der Waals surface area contributed by atoms with Gasteiger partial charge in [-0.15, -0.1) is 0 Å². The van der Waals surface area contributed by atoms with E-state index in [4.69, 9.17) is 9.26 Å². The fraction of sp³-hybridized carbons (Fsp3) is 0.348. The number of rotatable bonds is 6. The monoisotopic (exact) mass is 407 g/mol. The highest BCUT2D eigenvalue weighted by molar-refractivity contribution is 5.91. The summed E-state index contributed by atoms with van der Waals surface area (Å²) < 4.78 is 23.9. The molecule has 1 saturated heterocycles. The number of aromatic nitrogens is 2. The molecule has 0 N–H and O–H groups in total. The maximum atomic E-state index is 13.4.